The van der Waals surface area contributed by atoms with Crippen molar-refractivity contribution >= 4 is 33.6 Å². The number of nitrogen functional groups attached to an aromatic ring is 1. The molecule has 0 aliphatic carbocycles. The molecular formula is C11H16ClN3OS. The maximum absolute atomic E-state index is 6.12. The Balaban J connectivity index is 2.06. The van der Waals surface area contributed by atoms with Crippen LogP contribution in [0, 0.1) is 0 Å². The number of anilines is 1. The Morgan fingerprint density at radius 3 is 3.12 bits per heavy atom. The van der Waals surface area contributed by atoms with Crippen LogP contribution in [0.1, 0.15) is 12.1 Å². The molecule has 17 heavy (non-hydrogen) atoms. The van der Waals surface area contributed by atoms with Gasteiger partial charge in [0.2, 0.25) is 0 Å². The zero-order valence-corrected chi connectivity index (χ0v) is 11.4. The first kappa shape index (κ1) is 12.8. The second-order valence-electron chi connectivity index (χ2n) is 3.96. The molecule has 0 saturated carbocycles. The Morgan fingerprint density at radius 1 is 1.65 bits per heavy atom. The van der Waals surface area contributed by atoms with Gasteiger partial charge in [-0.3, -0.25) is 4.90 Å². The number of ether oxygens (including phenoxy) is 1. The molecule has 1 aromatic heterocycles. The summed E-state index contributed by atoms with van der Waals surface area (Å²) in [7, 11) is 1.72. The molecular weight excluding hydrogens is 258 g/mol. The van der Waals surface area contributed by atoms with Crippen LogP contribution in [-0.4, -0.2) is 43.2 Å². The summed E-state index contributed by atoms with van der Waals surface area (Å²) in [5, 5.41) is 0.528. The topological polar surface area (TPSA) is 51.4 Å². The average molecular weight is 274 g/mol. The van der Waals surface area contributed by atoms with Crippen molar-refractivity contribution in [1.29, 1.82) is 0 Å². The first-order valence-electron chi connectivity index (χ1n) is 5.53. The zero-order valence-electron chi connectivity index (χ0n) is 9.78. The minimum atomic E-state index is 0.528. The molecule has 6 heteroatoms. The summed E-state index contributed by atoms with van der Waals surface area (Å²) < 4.78 is 5.78. The van der Waals surface area contributed by atoms with Gasteiger partial charge in [-0.1, -0.05) is 29.0 Å². The zero-order chi connectivity index (χ0) is 12.3. The van der Waals surface area contributed by atoms with Crippen molar-refractivity contribution in [2.45, 2.75) is 6.42 Å². The van der Waals surface area contributed by atoms with E-state index >= 15 is 0 Å². The standard InChI is InChI=1S/C11H16ClN3OS/c1-16-6-5-15-4-2-3-8(7-15)9-10(12)17-11(13)14-9/h3H,2,4-7H2,1H3,(H2,13,14). The fourth-order valence-electron chi connectivity index (χ4n) is 1.90. The minimum Gasteiger partial charge on any atom is -0.383 e. The van der Waals surface area contributed by atoms with E-state index in [1.807, 2.05) is 0 Å². The summed E-state index contributed by atoms with van der Waals surface area (Å²) >= 11 is 7.45. The number of hydrogen-bond donors (Lipinski definition) is 1. The van der Waals surface area contributed by atoms with Crippen LogP contribution in [0.15, 0.2) is 6.08 Å². The van der Waals surface area contributed by atoms with Crippen molar-refractivity contribution in [2.75, 3.05) is 39.1 Å². The van der Waals surface area contributed by atoms with Crippen molar-refractivity contribution in [3.8, 4) is 0 Å². The fraction of sp³-hybridized carbons (Fsp3) is 0.545. The Bertz CT molecular complexity index is 419. The Hall–Kier alpha value is -0.620. The molecule has 2 rings (SSSR count). The molecule has 1 aliphatic rings. The lowest BCUT2D eigenvalue weighted by Gasteiger charge is -2.26. The SMILES string of the molecule is COCCN1CCC=C(c2nc(N)sc2Cl)C1. The third-order valence-electron chi connectivity index (χ3n) is 2.75. The maximum Gasteiger partial charge on any atom is 0.182 e. The van der Waals surface area contributed by atoms with Crippen LogP contribution < -0.4 is 5.73 Å². The van der Waals surface area contributed by atoms with Gasteiger partial charge in [-0.2, -0.15) is 0 Å². The van der Waals surface area contributed by atoms with E-state index in [1.165, 1.54) is 16.9 Å². The third kappa shape index (κ3) is 3.19. The van der Waals surface area contributed by atoms with Crippen LogP contribution in [0.3, 0.4) is 0 Å². The number of hydrogen-bond acceptors (Lipinski definition) is 5. The maximum atomic E-state index is 6.12. The van der Waals surface area contributed by atoms with Gasteiger partial charge in [-0.15, -0.1) is 0 Å². The monoisotopic (exact) mass is 273 g/mol. The number of aromatic nitrogens is 1. The quantitative estimate of drug-likeness (QED) is 0.913. The van der Waals surface area contributed by atoms with Crippen LogP contribution in [0.2, 0.25) is 4.34 Å². The van der Waals surface area contributed by atoms with Gasteiger partial charge >= 0.3 is 0 Å². The number of nitrogens with two attached hydrogens (primary N) is 1. The lowest BCUT2D eigenvalue weighted by molar-refractivity contribution is 0.154. The van der Waals surface area contributed by atoms with E-state index in [0.717, 1.165) is 38.4 Å². The van der Waals surface area contributed by atoms with Crippen molar-refractivity contribution in [3.63, 3.8) is 0 Å². The minimum absolute atomic E-state index is 0.528. The van der Waals surface area contributed by atoms with E-state index < -0.39 is 0 Å². The van der Waals surface area contributed by atoms with Gasteiger partial charge < -0.3 is 10.5 Å². The number of rotatable bonds is 4. The van der Waals surface area contributed by atoms with Gasteiger partial charge in [-0.25, -0.2) is 4.98 Å². The van der Waals surface area contributed by atoms with Crippen LogP contribution >= 0.6 is 22.9 Å². The highest BCUT2D eigenvalue weighted by atomic mass is 35.5. The van der Waals surface area contributed by atoms with Gasteiger partial charge in [0.05, 0.1) is 12.3 Å². The molecule has 0 atom stereocenters. The highest BCUT2D eigenvalue weighted by molar-refractivity contribution is 7.19. The molecule has 94 valence electrons. The Kier molecular flexibility index (Phi) is 4.39. The lowest BCUT2D eigenvalue weighted by atomic mass is 10.1. The van der Waals surface area contributed by atoms with E-state index in [1.54, 1.807) is 7.11 Å². The first-order chi connectivity index (χ1) is 8.20. The molecule has 2 heterocycles. The molecule has 0 spiro atoms. The fourth-order valence-corrected chi connectivity index (χ4v) is 2.90. The second-order valence-corrected chi connectivity index (χ2v) is 5.59. The molecule has 2 N–H and O–H groups in total. The van der Waals surface area contributed by atoms with Gasteiger partial charge in [-0.05, 0) is 12.0 Å². The van der Waals surface area contributed by atoms with E-state index in [-0.39, 0.29) is 0 Å². The largest absolute Gasteiger partial charge is 0.383 e. The number of halogens is 1. The molecule has 1 aromatic rings. The summed E-state index contributed by atoms with van der Waals surface area (Å²) in [6.45, 7) is 3.61. The highest BCUT2D eigenvalue weighted by Gasteiger charge is 2.18. The Morgan fingerprint density at radius 2 is 2.47 bits per heavy atom. The molecule has 0 unspecified atom stereocenters. The smallest absolute Gasteiger partial charge is 0.182 e. The molecule has 0 radical (unpaired) electrons. The number of thiazole rings is 1. The molecule has 0 bridgehead atoms. The van der Waals surface area contributed by atoms with Gasteiger partial charge in [0.1, 0.15) is 4.34 Å². The molecule has 0 saturated heterocycles. The highest BCUT2D eigenvalue weighted by Crippen LogP contribution is 2.32. The average Bonchev–Trinajstić information content (AvgIpc) is 2.66. The van der Waals surface area contributed by atoms with Crippen LogP contribution in [-0.2, 0) is 4.74 Å². The molecule has 0 aromatic carbocycles. The van der Waals surface area contributed by atoms with Crippen LogP contribution in [0.25, 0.3) is 5.57 Å². The normalized spacial score (nSPS) is 17.2. The van der Waals surface area contributed by atoms with E-state index in [2.05, 4.69) is 16.0 Å². The van der Waals surface area contributed by atoms with Gasteiger partial charge in [0.15, 0.2) is 5.13 Å². The van der Waals surface area contributed by atoms with E-state index in [4.69, 9.17) is 22.1 Å². The third-order valence-corrected chi connectivity index (χ3v) is 3.83. The number of methoxy groups -OCH3 is 1. The molecule has 4 nitrogen and oxygen atoms in total. The van der Waals surface area contributed by atoms with Crippen molar-refractivity contribution in [2.24, 2.45) is 0 Å². The molecule has 0 amide bonds. The summed E-state index contributed by atoms with van der Waals surface area (Å²) in [6, 6.07) is 0. The van der Waals surface area contributed by atoms with E-state index in [0.29, 0.717) is 9.47 Å². The summed E-state index contributed by atoms with van der Waals surface area (Å²) in [5.74, 6) is 0. The Labute approximate surface area is 110 Å². The summed E-state index contributed by atoms with van der Waals surface area (Å²) in [5.41, 5.74) is 7.68. The molecule has 1 aliphatic heterocycles. The number of nitrogens with zero attached hydrogens (tertiary/aromatic N) is 2. The van der Waals surface area contributed by atoms with Gasteiger partial charge in [0, 0.05) is 26.7 Å². The lowest BCUT2D eigenvalue weighted by Crippen LogP contribution is -2.32. The van der Waals surface area contributed by atoms with Crippen molar-refractivity contribution < 1.29 is 4.74 Å². The second kappa shape index (κ2) is 5.82. The van der Waals surface area contributed by atoms with Crippen LogP contribution in [0.4, 0.5) is 5.13 Å². The summed E-state index contributed by atoms with van der Waals surface area (Å²) in [6.07, 6.45) is 3.22. The van der Waals surface area contributed by atoms with Crippen molar-refractivity contribution in [3.05, 3.63) is 16.1 Å². The van der Waals surface area contributed by atoms with E-state index in [9.17, 15) is 0 Å². The summed E-state index contributed by atoms with van der Waals surface area (Å²) in [4.78, 5) is 6.62. The van der Waals surface area contributed by atoms with Crippen LogP contribution in [0.5, 0.6) is 0 Å². The molecule has 0 fully saturated rings. The van der Waals surface area contributed by atoms with Gasteiger partial charge in [0.25, 0.3) is 0 Å². The van der Waals surface area contributed by atoms with Crippen molar-refractivity contribution in [1.82, 2.24) is 9.88 Å². The first-order valence-corrected chi connectivity index (χ1v) is 6.72. The predicted molar refractivity (Wildman–Crippen MR) is 72.4 cm³/mol. The predicted octanol–water partition coefficient (Wildman–Crippen LogP) is 2.11.